The largest absolute Gasteiger partial charge is 0.206 e. The van der Waals surface area contributed by atoms with Crippen molar-refractivity contribution in [3.05, 3.63) is 69.9 Å². The Bertz CT molecular complexity index is 513. The van der Waals surface area contributed by atoms with E-state index in [4.69, 9.17) is 11.6 Å². The maximum atomic E-state index is 13.5. The zero-order chi connectivity index (χ0) is 13.0. The molecule has 0 amide bonds. The van der Waals surface area contributed by atoms with E-state index >= 15 is 0 Å². The zero-order valence-electron chi connectivity index (χ0n) is 9.74. The topological polar surface area (TPSA) is 0 Å². The minimum absolute atomic E-state index is 0.200. The molecule has 0 radical (unpaired) electrons. The van der Waals surface area contributed by atoms with Gasteiger partial charge in [-0.1, -0.05) is 42.5 Å². The second-order valence-corrected chi connectivity index (χ2v) is 5.28. The van der Waals surface area contributed by atoms with Gasteiger partial charge < -0.3 is 0 Å². The van der Waals surface area contributed by atoms with Crippen LogP contribution in [-0.2, 0) is 6.42 Å². The van der Waals surface area contributed by atoms with Gasteiger partial charge in [0.25, 0.3) is 0 Å². The second-order valence-electron chi connectivity index (χ2n) is 4.18. The molecule has 0 bridgehead atoms. The quantitative estimate of drug-likeness (QED) is 0.681. The third kappa shape index (κ3) is 3.12. The average molecular weight is 328 g/mol. The lowest BCUT2D eigenvalue weighted by molar-refractivity contribution is 0.615. The predicted octanol–water partition coefficient (Wildman–Crippen LogP) is 5.15. The Hall–Kier alpha value is -0.860. The number of alkyl halides is 1. The molecule has 0 aromatic heterocycles. The van der Waals surface area contributed by atoms with Gasteiger partial charge in [0, 0.05) is 11.8 Å². The van der Waals surface area contributed by atoms with Gasteiger partial charge in [0.05, 0.1) is 4.47 Å². The lowest BCUT2D eigenvalue weighted by atomic mass is 9.93. The van der Waals surface area contributed by atoms with Crippen LogP contribution in [0.3, 0.4) is 0 Å². The van der Waals surface area contributed by atoms with Gasteiger partial charge in [-0.25, -0.2) is 4.39 Å². The third-order valence-corrected chi connectivity index (χ3v) is 4.22. The summed E-state index contributed by atoms with van der Waals surface area (Å²) in [6.45, 7) is 0. The summed E-state index contributed by atoms with van der Waals surface area (Å²) in [4.78, 5) is 0. The van der Waals surface area contributed by atoms with Crippen LogP contribution >= 0.6 is 27.5 Å². The highest BCUT2D eigenvalue weighted by Gasteiger charge is 2.14. The van der Waals surface area contributed by atoms with Crippen LogP contribution in [-0.4, -0.2) is 5.88 Å². The summed E-state index contributed by atoms with van der Waals surface area (Å²) in [6, 6.07) is 15.2. The normalized spacial score (nSPS) is 12.4. The van der Waals surface area contributed by atoms with Crippen LogP contribution in [0, 0.1) is 5.82 Å². The highest BCUT2D eigenvalue weighted by Crippen LogP contribution is 2.28. The van der Waals surface area contributed by atoms with Crippen molar-refractivity contribution in [3.8, 4) is 0 Å². The molecule has 3 heteroatoms. The van der Waals surface area contributed by atoms with E-state index in [1.807, 2.05) is 24.3 Å². The van der Waals surface area contributed by atoms with Gasteiger partial charge in [-0.2, -0.15) is 0 Å². The Morgan fingerprint density at radius 2 is 1.78 bits per heavy atom. The lowest BCUT2D eigenvalue weighted by Gasteiger charge is -2.15. The van der Waals surface area contributed by atoms with E-state index in [0.717, 1.165) is 12.0 Å². The van der Waals surface area contributed by atoms with Gasteiger partial charge in [0.15, 0.2) is 0 Å². The standard InChI is InChI=1S/C15H13BrClF/c16-15-12(7-4-8-14(15)18)9-13(10-17)11-5-2-1-3-6-11/h1-8,13H,9-10H2. The molecule has 2 aromatic carbocycles. The van der Waals surface area contributed by atoms with E-state index in [0.29, 0.717) is 10.4 Å². The van der Waals surface area contributed by atoms with Crippen LogP contribution in [0.4, 0.5) is 4.39 Å². The Morgan fingerprint density at radius 3 is 2.44 bits per heavy atom. The van der Waals surface area contributed by atoms with Crippen LogP contribution in [0.15, 0.2) is 53.0 Å². The van der Waals surface area contributed by atoms with Gasteiger partial charge in [-0.05, 0) is 39.5 Å². The summed E-state index contributed by atoms with van der Waals surface area (Å²) in [5.41, 5.74) is 2.13. The molecule has 0 nitrogen and oxygen atoms in total. The Morgan fingerprint density at radius 1 is 1.06 bits per heavy atom. The molecule has 18 heavy (non-hydrogen) atoms. The van der Waals surface area contributed by atoms with Gasteiger partial charge in [0.1, 0.15) is 5.82 Å². The van der Waals surface area contributed by atoms with E-state index in [2.05, 4.69) is 28.1 Å². The van der Waals surface area contributed by atoms with E-state index < -0.39 is 0 Å². The minimum Gasteiger partial charge on any atom is -0.206 e. The van der Waals surface area contributed by atoms with Crippen LogP contribution in [0.25, 0.3) is 0 Å². The summed E-state index contributed by atoms with van der Waals surface area (Å²) in [5, 5.41) is 0. The molecule has 0 aliphatic heterocycles. The van der Waals surface area contributed by atoms with Crippen LogP contribution < -0.4 is 0 Å². The van der Waals surface area contributed by atoms with Crippen molar-refractivity contribution < 1.29 is 4.39 Å². The molecule has 0 heterocycles. The molecule has 0 aliphatic rings. The van der Waals surface area contributed by atoms with Gasteiger partial charge in [-0.3, -0.25) is 0 Å². The van der Waals surface area contributed by atoms with Crippen LogP contribution in [0.1, 0.15) is 17.0 Å². The van der Waals surface area contributed by atoms with Crippen molar-refractivity contribution in [2.75, 3.05) is 5.88 Å². The number of hydrogen-bond donors (Lipinski definition) is 0. The molecular weight excluding hydrogens is 315 g/mol. The fourth-order valence-corrected chi connectivity index (χ4v) is 2.67. The van der Waals surface area contributed by atoms with Crippen molar-refractivity contribution in [1.29, 1.82) is 0 Å². The molecule has 0 saturated heterocycles. The van der Waals surface area contributed by atoms with E-state index in [-0.39, 0.29) is 11.7 Å². The summed E-state index contributed by atoms with van der Waals surface area (Å²) in [6.07, 6.45) is 0.728. The van der Waals surface area contributed by atoms with Crippen LogP contribution in [0.5, 0.6) is 0 Å². The van der Waals surface area contributed by atoms with Crippen molar-refractivity contribution in [2.24, 2.45) is 0 Å². The highest BCUT2D eigenvalue weighted by atomic mass is 79.9. The molecular formula is C15H13BrClF. The molecule has 0 saturated carbocycles. The summed E-state index contributed by atoms with van der Waals surface area (Å²) in [7, 11) is 0. The molecule has 94 valence electrons. The first-order valence-corrected chi connectivity index (χ1v) is 7.09. The first kappa shape index (κ1) is 13.6. The molecule has 0 aliphatic carbocycles. The van der Waals surface area contributed by atoms with Crippen molar-refractivity contribution in [2.45, 2.75) is 12.3 Å². The van der Waals surface area contributed by atoms with E-state index in [1.165, 1.54) is 11.6 Å². The molecule has 0 spiro atoms. The Labute approximate surface area is 120 Å². The molecule has 2 aromatic rings. The minimum atomic E-state index is -0.228. The fraction of sp³-hybridized carbons (Fsp3) is 0.200. The summed E-state index contributed by atoms with van der Waals surface area (Å²) >= 11 is 9.33. The highest BCUT2D eigenvalue weighted by molar-refractivity contribution is 9.10. The summed E-state index contributed by atoms with van der Waals surface area (Å²) in [5.74, 6) is 0.493. The number of halogens is 3. The monoisotopic (exact) mass is 326 g/mol. The first-order chi connectivity index (χ1) is 8.72. The number of benzene rings is 2. The lowest BCUT2D eigenvalue weighted by Crippen LogP contribution is -2.05. The second kappa shape index (κ2) is 6.35. The third-order valence-electron chi connectivity index (χ3n) is 2.96. The van der Waals surface area contributed by atoms with E-state index in [1.54, 1.807) is 6.07 Å². The van der Waals surface area contributed by atoms with Crippen molar-refractivity contribution in [3.63, 3.8) is 0 Å². The van der Waals surface area contributed by atoms with Gasteiger partial charge >= 0.3 is 0 Å². The fourth-order valence-electron chi connectivity index (χ4n) is 1.96. The predicted molar refractivity (Wildman–Crippen MR) is 77.7 cm³/mol. The Kier molecular flexibility index (Phi) is 4.79. The van der Waals surface area contributed by atoms with E-state index in [9.17, 15) is 4.39 Å². The first-order valence-electron chi connectivity index (χ1n) is 5.76. The molecule has 0 fully saturated rings. The van der Waals surface area contributed by atoms with Gasteiger partial charge in [0.2, 0.25) is 0 Å². The smallest absolute Gasteiger partial charge is 0.137 e. The maximum Gasteiger partial charge on any atom is 0.137 e. The summed E-state index contributed by atoms with van der Waals surface area (Å²) < 4.78 is 14.0. The van der Waals surface area contributed by atoms with Crippen molar-refractivity contribution >= 4 is 27.5 Å². The zero-order valence-corrected chi connectivity index (χ0v) is 12.1. The molecule has 1 unspecified atom stereocenters. The van der Waals surface area contributed by atoms with Crippen molar-refractivity contribution in [1.82, 2.24) is 0 Å². The van der Waals surface area contributed by atoms with Gasteiger partial charge in [-0.15, -0.1) is 11.6 Å². The SMILES string of the molecule is Fc1cccc(CC(CCl)c2ccccc2)c1Br. The maximum absolute atomic E-state index is 13.5. The number of rotatable bonds is 4. The molecule has 0 N–H and O–H groups in total. The average Bonchev–Trinajstić information content (AvgIpc) is 2.41. The molecule has 2 rings (SSSR count). The Balaban J connectivity index is 2.24. The van der Waals surface area contributed by atoms with Crippen LogP contribution in [0.2, 0.25) is 0 Å². The molecule has 1 atom stereocenters. The number of hydrogen-bond acceptors (Lipinski definition) is 0.